The molecule has 190 valence electrons. The fraction of sp³-hybridized carbons (Fsp3) is 0.345. The molecule has 1 heterocycles. The average Bonchev–Trinajstić information content (AvgIpc) is 3.56. The fourth-order valence-corrected chi connectivity index (χ4v) is 7.35. The highest BCUT2D eigenvalue weighted by atomic mass is 31.2. The zero-order valence-corrected chi connectivity index (χ0v) is 22.3. The molecule has 0 amide bonds. The Balaban J connectivity index is 1.81. The number of esters is 1. The minimum atomic E-state index is -3.56. The summed E-state index contributed by atoms with van der Waals surface area (Å²) in [6.07, 6.45) is -0.535. The lowest BCUT2D eigenvalue weighted by atomic mass is 9.98. The number of ether oxygens (including phenoxy) is 1. The van der Waals surface area contributed by atoms with Gasteiger partial charge in [-0.3, -0.25) is 14.3 Å². The highest BCUT2D eigenvalue weighted by Crippen LogP contribution is 2.71. The van der Waals surface area contributed by atoms with E-state index in [2.05, 4.69) is 29.2 Å². The normalized spacial score (nSPS) is 19.6. The highest BCUT2D eigenvalue weighted by Gasteiger charge is 2.64. The summed E-state index contributed by atoms with van der Waals surface area (Å²) >= 11 is 0. The Morgan fingerprint density at radius 2 is 1.25 bits per heavy atom. The third-order valence-electron chi connectivity index (χ3n) is 5.87. The molecular weight excluding hydrogens is 473 g/mol. The predicted molar refractivity (Wildman–Crippen MR) is 141 cm³/mol. The van der Waals surface area contributed by atoms with Crippen molar-refractivity contribution in [1.29, 1.82) is 0 Å². The second-order valence-electron chi connectivity index (χ2n) is 9.54. The van der Waals surface area contributed by atoms with Crippen LogP contribution in [0.1, 0.15) is 63.4 Å². The van der Waals surface area contributed by atoms with Crippen LogP contribution in [0.2, 0.25) is 0 Å². The van der Waals surface area contributed by atoms with Crippen molar-refractivity contribution in [1.82, 2.24) is 4.90 Å². The average molecular weight is 508 g/mol. The Morgan fingerprint density at radius 1 is 0.778 bits per heavy atom. The van der Waals surface area contributed by atoms with E-state index in [-0.39, 0.29) is 30.3 Å². The molecule has 0 radical (unpaired) electrons. The smallest absolute Gasteiger partial charge is 0.350 e. The highest BCUT2D eigenvalue weighted by molar-refractivity contribution is 7.55. The van der Waals surface area contributed by atoms with Gasteiger partial charge in [-0.1, -0.05) is 72.8 Å². The van der Waals surface area contributed by atoms with Gasteiger partial charge in [0.25, 0.3) is 0 Å². The van der Waals surface area contributed by atoms with Gasteiger partial charge in [0, 0.05) is 6.92 Å². The molecule has 3 atom stereocenters. The maximum atomic E-state index is 14.4. The molecule has 1 aliphatic heterocycles. The van der Waals surface area contributed by atoms with Gasteiger partial charge in [0.2, 0.25) is 0 Å². The Kier molecular flexibility index (Phi) is 8.11. The van der Waals surface area contributed by atoms with E-state index in [9.17, 15) is 9.36 Å². The van der Waals surface area contributed by atoms with Gasteiger partial charge >= 0.3 is 13.6 Å². The van der Waals surface area contributed by atoms with Crippen molar-refractivity contribution < 1.29 is 23.1 Å². The Labute approximate surface area is 213 Å². The van der Waals surface area contributed by atoms with Crippen LogP contribution < -0.4 is 4.74 Å². The molecule has 3 aromatic rings. The van der Waals surface area contributed by atoms with Crippen LogP contribution in [0.3, 0.4) is 0 Å². The molecule has 1 saturated heterocycles. The number of carbonyl (C=O) groups is 1. The first-order valence-electron chi connectivity index (χ1n) is 12.3. The summed E-state index contributed by atoms with van der Waals surface area (Å²) in [6, 6.07) is 27.4. The van der Waals surface area contributed by atoms with Gasteiger partial charge in [-0.05, 0) is 56.5 Å². The maximum Gasteiger partial charge on any atom is 0.350 e. The van der Waals surface area contributed by atoms with Crippen LogP contribution >= 0.6 is 7.60 Å². The van der Waals surface area contributed by atoms with Gasteiger partial charge in [-0.15, -0.1) is 0 Å². The third-order valence-corrected chi connectivity index (χ3v) is 8.50. The topological polar surface area (TPSA) is 64.8 Å². The first-order chi connectivity index (χ1) is 17.2. The molecular formula is C29H34NO5P. The molecule has 3 aromatic carbocycles. The molecule has 0 saturated carbocycles. The van der Waals surface area contributed by atoms with Gasteiger partial charge in [0.15, 0.2) is 0 Å². The van der Waals surface area contributed by atoms with Crippen molar-refractivity contribution in [3.8, 4) is 5.75 Å². The summed E-state index contributed by atoms with van der Waals surface area (Å²) in [5, 5.41) is 0. The quantitative estimate of drug-likeness (QED) is 0.126. The molecule has 0 bridgehead atoms. The van der Waals surface area contributed by atoms with E-state index >= 15 is 0 Å². The zero-order chi connectivity index (χ0) is 25.9. The van der Waals surface area contributed by atoms with E-state index in [0.717, 1.165) is 16.7 Å². The molecule has 0 N–H and O–H groups in total. The predicted octanol–water partition coefficient (Wildman–Crippen LogP) is 7.13. The number of nitrogens with zero attached hydrogens (tertiary/aromatic N) is 1. The molecule has 0 aromatic heterocycles. The fourth-order valence-electron chi connectivity index (χ4n) is 4.67. The Morgan fingerprint density at radius 3 is 1.67 bits per heavy atom. The van der Waals surface area contributed by atoms with Crippen LogP contribution in [0.15, 0.2) is 84.9 Å². The van der Waals surface area contributed by atoms with Crippen LogP contribution in [0.5, 0.6) is 5.75 Å². The number of rotatable bonds is 10. The molecule has 0 aliphatic carbocycles. The van der Waals surface area contributed by atoms with Crippen molar-refractivity contribution in [2.75, 3.05) is 0 Å². The van der Waals surface area contributed by atoms with Crippen molar-refractivity contribution in [2.45, 2.75) is 64.7 Å². The van der Waals surface area contributed by atoms with Crippen molar-refractivity contribution in [2.24, 2.45) is 0 Å². The molecule has 4 rings (SSSR count). The molecule has 1 unspecified atom stereocenters. The molecule has 1 fully saturated rings. The first kappa shape index (κ1) is 26.3. The van der Waals surface area contributed by atoms with E-state index in [1.807, 2.05) is 76.2 Å². The second-order valence-corrected chi connectivity index (χ2v) is 11.6. The Hall–Kier alpha value is -2.76. The van der Waals surface area contributed by atoms with Crippen LogP contribution in [-0.2, 0) is 18.4 Å². The number of benzene rings is 3. The van der Waals surface area contributed by atoms with E-state index in [4.69, 9.17) is 13.8 Å². The van der Waals surface area contributed by atoms with Gasteiger partial charge in [0.05, 0.1) is 24.3 Å². The van der Waals surface area contributed by atoms with Gasteiger partial charge in [0.1, 0.15) is 11.5 Å². The molecule has 7 heteroatoms. The standard InChI is InChI=1S/C29H34NO5P/c1-20(2)34-36(32,35-21(3)4)29-28(25-16-18-26(19-17-25)33-22(5)31)30(29)27(23-12-8-6-9-13-23)24-14-10-7-11-15-24/h6-21,27-29H,1-5H3/t28-,29-,30?/m1/s1. The first-order valence-corrected chi connectivity index (χ1v) is 13.9. The summed E-state index contributed by atoms with van der Waals surface area (Å²) in [6.45, 7) is 8.87. The molecule has 1 aliphatic rings. The van der Waals surface area contributed by atoms with E-state index in [1.54, 1.807) is 12.1 Å². The van der Waals surface area contributed by atoms with Crippen LogP contribution in [0.4, 0.5) is 0 Å². The van der Waals surface area contributed by atoms with Crippen LogP contribution in [0.25, 0.3) is 0 Å². The summed E-state index contributed by atoms with van der Waals surface area (Å²) in [7, 11) is -3.56. The van der Waals surface area contributed by atoms with E-state index in [0.29, 0.717) is 5.75 Å². The summed E-state index contributed by atoms with van der Waals surface area (Å²) in [5.41, 5.74) is 3.13. The van der Waals surface area contributed by atoms with Crippen LogP contribution in [0, 0.1) is 0 Å². The monoisotopic (exact) mass is 507 g/mol. The number of carbonyl (C=O) groups excluding carboxylic acids is 1. The lowest BCUT2D eigenvalue weighted by molar-refractivity contribution is -0.131. The second kappa shape index (κ2) is 11.1. The largest absolute Gasteiger partial charge is 0.427 e. The van der Waals surface area contributed by atoms with E-state index in [1.165, 1.54) is 6.92 Å². The summed E-state index contributed by atoms with van der Waals surface area (Å²) < 4.78 is 31.8. The lowest BCUT2D eigenvalue weighted by Crippen LogP contribution is -2.18. The Bertz CT molecular complexity index is 1140. The molecule has 0 spiro atoms. The van der Waals surface area contributed by atoms with Gasteiger partial charge < -0.3 is 13.8 Å². The van der Waals surface area contributed by atoms with Crippen LogP contribution in [-0.4, -0.2) is 28.9 Å². The summed E-state index contributed by atoms with van der Waals surface area (Å²) in [4.78, 5) is 13.6. The van der Waals surface area contributed by atoms with Gasteiger partial charge in [-0.25, -0.2) is 0 Å². The number of hydrogen-bond donors (Lipinski definition) is 0. The lowest BCUT2D eigenvalue weighted by Gasteiger charge is -2.25. The van der Waals surface area contributed by atoms with Crippen molar-refractivity contribution in [3.05, 3.63) is 102 Å². The molecule has 6 nitrogen and oxygen atoms in total. The van der Waals surface area contributed by atoms with E-state index < -0.39 is 13.4 Å². The maximum absolute atomic E-state index is 14.4. The minimum Gasteiger partial charge on any atom is -0.427 e. The molecule has 36 heavy (non-hydrogen) atoms. The third kappa shape index (κ3) is 5.96. The zero-order valence-electron chi connectivity index (χ0n) is 21.4. The summed E-state index contributed by atoms with van der Waals surface area (Å²) in [5.74, 6) is -0.382. The van der Waals surface area contributed by atoms with Crippen molar-refractivity contribution in [3.63, 3.8) is 0 Å². The SMILES string of the molecule is CC(=O)Oc1ccc([C@@H]2[C@@H](P(=O)(OC(C)C)OC(C)C)N2C(c2ccccc2)c2ccccc2)cc1. The van der Waals surface area contributed by atoms with Crippen molar-refractivity contribution >= 4 is 13.6 Å². The van der Waals surface area contributed by atoms with Gasteiger partial charge in [-0.2, -0.15) is 0 Å². The number of hydrogen-bond acceptors (Lipinski definition) is 6. The minimum absolute atomic E-state index is 0.157.